The summed E-state index contributed by atoms with van der Waals surface area (Å²) in [5.74, 6) is -0.174. The molecule has 5 heteroatoms. The van der Waals surface area contributed by atoms with Crippen LogP contribution in [0.5, 0.6) is 5.75 Å². The molecule has 0 amide bonds. The van der Waals surface area contributed by atoms with E-state index in [-0.39, 0.29) is 11.7 Å². The number of hydrogen-bond acceptors (Lipinski definition) is 5. The lowest BCUT2D eigenvalue weighted by molar-refractivity contribution is -0.154. The summed E-state index contributed by atoms with van der Waals surface area (Å²) in [6, 6.07) is 3.42. The number of aldehydes is 1. The van der Waals surface area contributed by atoms with Crippen molar-refractivity contribution in [3.8, 4) is 5.75 Å². The predicted molar refractivity (Wildman–Crippen MR) is 89.1 cm³/mol. The Morgan fingerprint density at radius 3 is 2.78 bits per heavy atom. The Bertz CT molecular complexity index is 589. The molecular weight excluding hydrogens is 294 g/mol. The number of phenolic OH excluding ortho intramolecular Hbond substituents is 1. The zero-order valence-corrected chi connectivity index (χ0v) is 14.1. The molecule has 1 aromatic rings. The van der Waals surface area contributed by atoms with Crippen LogP contribution in [0.3, 0.4) is 0 Å². The van der Waals surface area contributed by atoms with Gasteiger partial charge in [0.15, 0.2) is 6.29 Å². The van der Waals surface area contributed by atoms with Crippen molar-refractivity contribution in [3.05, 3.63) is 23.3 Å². The van der Waals surface area contributed by atoms with Gasteiger partial charge in [0.1, 0.15) is 11.4 Å². The van der Waals surface area contributed by atoms with Crippen LogP contribution in [0.1, 0.15) is 56.0 Å². The molecule has 1 aliphatic rings. The molecule has 0 radical (unpaired) electrons. The molecule has 1 heterocycles. The van der Waals surface area contributed by atoms with Gasteiger partial charge in [-0.05, 0) is 51.7 Å². The Labute approximate surface area is 137 Å². The summed E-state index contributed by atoms with van der Waals surface area (Å²) in [6.45, 7) is 7.20. The molecule has 1 aromatic carbocycles. The summed E-state index contributed by atoms with van der Waals surface area (Å²) in [6.07, 6.45) is 3.66. The fraction of sp³-hybridized carbons (Fsp3) is 0.556. The number of ether oxygens (including phenoxy) is 1. The maximum Gasteiger partial charge on any atom is 0.306 e. The molecule has 5 nitrogen and oxygen atoms in total. The normalized spacial score (nSPS) is 14.3. The van der Waals surface area contributed by atoms with E-state index in [9.17, 15) is 14.7 Å². The Kier molecular flexibility index (Phi) is 5.29. The quantitative estimate of drug-likeness (QED) is 0.667. The second kappa shape index (κ2) is 7.02. The number of nitrogens with zero attached hydrogens (tertiary/aromatic N) is 1. The summed E-state index contributed by atoms with van der Waals surface area (Å²) in [4.78, 5) is 24.9. The van der Waals surface area contributed by atoms with Crippen molar-refractivity contribution in [2.75, 3.05) is 18.0 Å². The summed E-state index contributed by atoms with van der Waals surface area (Å²) < 4.78 is 5.31. The molecule has 23 heavy (non-hydrogen) atoms. The van der Waals surface area contributed by atoms with Gasteiger partial charge in [-0.1, -0.05) is 0 Å². The Hall–Kier alpha value is -2.04. The molecule has 0 unspecified atom stereocenters. The van der Waals surface area contributed by atoms with Crippen LogP contribution in [-0.2, 0) is 16.0 Å². The van der Waals surface area contributed by atoms with E-state index in [1.807, 2.05) is 20.8 Å². The molecule has 0 aliphatic carbocycles. The molecule has 1 aliphatic heterocycles. The van der Waals surface area contributed by atoms with Gasteiger partial charge < -0.3 is 14.7 Å². The van der Waals surface area contributed by atoms with Gasteiger partial charge in [0.25, 0.3) is 0 Å². The smallest absolute Gasteiger partial charge is 0.306 e. The number of aromatic hydroxyl groups is 1. The molecule has 0 saturated carbocycles. The monoisotopic (exact) mass is 319 g/mol. The number of esters is 1. The van der Waals surface area contributed by atoms with E-state index < -0.39 is 5.60 Å². The first kappa shape index (κ1) is 17.3. The highest BCUT2D eigenvalue weighted by atomic mass is 16.6. The minimum atomic E-state index is -0.453. The van der Waals surface area contributed by atoms with E-state index >= 15 is 0 Å². The van der Waals surface area contributed by atoms with E-state index in [1.54, 1.807) is 12.1 Å². The highest BCUT2D eigenvalue weighted by molar-refractivity contribution is 5.82. The van der Waals surface area contributed by atoms with E-state index in [0.717, 1.165) is 37.2 Å². The summed E-state index contributed by atoms with van der Waals surface area (Å²) in [5.41, 5.74) is 1.92. The number of carbonyl (C=O) groups is 2. The summed E-state index contributed by atoms with van der Waals surface area (Å²) in [7, 11) is 0. The minimum Gasteiger partial charge on any atom is -0.507 e. The number of phenols is 1. The van der Waals surface area contributed by atoms with Crippen LogP contribution < -0.4 is 4.90 Å². The first-order valence-corrected chi connectivity index (χ1v) is 8.08. The first-order valence-electron chi connectivity index (χ1n) is 8.08. The highest BCUT2D eigenvalue weighted by Crippen LogP contribution is 2.32. The van der Waals surface area contributed by atoms with E-state index in [1.165, 1.54) is 0 Å². The summed E-state index contributed by atoms with van der Waals surface area (Å²) in [5, 5.41) is 9.89. The first-order chi connectivity index (χ1) is 10.8. The van der Waals surface area contributed by atoms with Gasteiger partial charge in [-0.2, -0.15) is 0 Å². The molecular formula is C18H25NO4. The summed E-state index contributed by atoms with van der Waals surface area (Å²) >= 11 is 0. The third kappa shape index (κ3) is 4.71. The van der Waals surface area contributed by atoms with Gasteiger partial charge in [0, 0.05) is 31.3 Å². The van der Waals surface area contributed by atoms with Gasteiger partial charge in [-0.3, -0.25) is 9.59 Å². The predicted octanol–water partition coefficient (Wildman–Crippen LogP) is 3.08. The van der Waals surface area contributed by atoms with Crippen LogP contribution >= 0.6 is 0 Å². The van der Waals surface area contributed by atoms with Crippen LogP contribution in [0.4, 0.5) is 5.69 Å². The number of anilines is 1. The third-order valence-corrected chi connectivity index (χ3v) is 3.80. The average molecular weight is 319 g/mol. The van der Waals surface area contributed by atoms with Crippen molar-refractivity contribution >= 4 is 17.9 Å². The van der Waals surface area contributed by atoms with Gasteiger partial charge in [-0.25, -0.2) is 0 Å². The number of hydrogen-bond donors (Lipinski definition) is 1. The SMILES string of the molecule is CC(C)(C)OC(=O)CCCN1CCCc2cc(C=O)c(O)cc21. The van der Waals surface area contributed by atoms with Crippen LogP contribution in [0.25, 0.3) is 0 Å². The Balaban J connectivity index is 1.97. The van der Waals surface area contributed by atoms with Crippen molar-refractivity contribution < 1.29 is 19.4 Å². The maximum atomic E-state index is 11.8. The number of fused-ring (bicyclic) bond motifs is 1. The zero-order chi connectivity index (χ0) is 17.0. The molecule has 1 N–H and O–H groups in total. The fourth-order valence-corrected chi connectivity index (χ4v) is 2.85. The van der Waals surface area contributed by atoms with E-state index in [0.29, 0.717) is 24.7 Å². The molecule has 0 saturated heterocycles. The maximum absolute atomic E-state index is 11.8. The van der Waals surface area contributed by atoms with Crippen LogP contribution in [0, 0.1) is 0 Å². The molecule has 0 aromatic heterocycles. The molecule has 126 valence electrons. The van der Waals surface area contributed by atoms with Gasteiger partial charge in [0.2, 0.25) is 0 Å². The number of benzene rings is 1. The number of carbonyl (C=O) groups excluding carboxylic acids is 2. The lowest BCUT2D eigenvalue weighted by Gasteiger charge is -2.31. The van der Waals surface area contributed by atoms with Crippen molar-refractivity contribution in [2.24, 2.45) is 0 Å². The third-order valence-electron chi connectivity index (χ3n) is 3.80. The van der Waals surface area contributed by atoms with Gasteiger partial charge in [0.05, 0.1) is 5.56 Å². The highest BCUT2D eigenvalue weighted by Gasteiger charge is 2.20. The van der Waals surface area contributed by atoms with E-state index in [4.69, 9.17) is 4.74 Å². The lowest BCUT2D eigenvalue weighted by atomic mass is 9.98. The largest absolute Gasteiger partial charge is 0.507 e. The minimum absolute atomic E-state index is 0.0118. The van der Waals surface area contributed by atoms with Gasteiger partial charge in [-0.15, -0.1) is 0 Å². The second-order valence-corrected chi connectivity index (χ2v) is 6.94. The second-order valence-electron chi connectivity index (χ2n) is 6.94. The topological polar surface area (TPSA) is 66.8 Å². The average Bonchev–Trinajstić information content (AvgIpc) is 2.45. The van der Waals surface area contributed by atoms with Crippen LogP contribution in [0.2, 0.25) is 0 Å². The van der Waals surface area contributed by atoms with Crippen molar-refractivity contribution in [2.45, 2.75) is 52.1 Å². The van der Waals surface area contributed by atoms with Crippen molar-refractivity contribution in [1.29, 1.82) is 0 Å². The van der Waals surface area contributed by atoms with E-state index in [2.05, 4.69) is 4.90 Å². The lowest BCUT2D eigenvalue weighted by Crippen LogP contribution is -2.31. The molecule has 0 atom stereocenters. The number of aryl methyl sites for hydroxylation is 1. The fourth-order valence-electron chi connectivity index (χ4n) is 2.85. The number of rotatable bonds is 5. The zero-order valence-electron chi connectivity index (χ0n) is 14.1. The molecule has 0 spiro atoms. The van der Waals surface area contributed by atoms with Crippen LogP contribution in [0.15, 0.2) is 12.1 Å². The van der Waals surface area contributed by atoms with Crippen molar-refractivity contribution in [1.82, 2.24) is 0 Å². The van der Waals surface area contributed by atoms with Gasteiger partial charge >= 0.3 is 5.97 Å². The Morgan fingerprint density at radius 2 is 2.13 bits per heavy atom. The van der Waals surface area contributed by atoms with Crippen molar-refractivity contribution in [3.63, 3.8) is 0 Å². The van der Waals surface area contributed by atoms with Crippen LogP contribution in [-0.4, -0.2) is 36.1 Å². The molecule has 0 fully saturated rings. The molecule has 2 rings (SSSR count). The Morgan fingerprint density at radius 1 is 1.39 bits per heavy atom. The molecule has 0 bridgehead atoms. The standard InChI is InChI=1S/C18H25NO4/c1-18(2,3)23-17(22)7-5-9-19-8-4-6-13-10-14(12-20)16(21)11-15(13)19/h10-12,21H,4-9H2,1-3H3.